The van der Waals surface area contributed by atoms with Crippen LogP contribution < -0.4 is 10.0 Å². The monoisotopic (exact) mass is 315 g/mol. The molecule has 1 aliphatic heterocycles. The van der Waals surface area contributed by atoms with Crippen LogP contribution in [0.3, 0.4) is 0 Å². The Morgan fingerprint density at radius 1 is 1.33 bits per heavy atom. The molecule has 2 heterocycles. The van der Waals surface area contributed by atoms with Crippen LogP contribution in [0.15, 0.2) is 21.6 Å². The number of sulfonamides is 1. The van der Waals surface area contributed by atoms with E-state index in [2.05, 4.69) is 21.9 Å². The third-order valence-electron chi connectivity index (χ3n) is 3.73. The van der Waals surface area contributed by atoms with Crippen LogP contribution in [0.1, 0.15) is 25.5 Å². The van der Waals surface area contributed by atoms with Crippen molar-refractivity contribution < 1.29 is 12.8 Å². The summed E-state index contributed by atoms with van der Waals surface area (Å²) >= 11 is 0. The molecule has 0 aliphatic carbocycles. The van der Waals surface area contributed by atoms with Gasteiger partial charge in [-0.15, -0.1) is 0 Å². The predicted octanol–water partition coefficient (Wildman–Crippen LogP) is 1.01. The number of rotatable bonds is 8. The van der Waals surface area contributed by atoms with Gasteiger partial charge in [0.15, 0.2) is 0 Å². The lowest BCUT2D eigenvalue weighted by Gasteiger charge is -2.20. The van der Waals surface area contributed by atoms with Crippen molar-refractivity contribution in [3.63, 3.8) is 0 Å². The van der Waals surface area contributed by atoms with Crippen LogP contribution in [0.25, 0.3) is 0 Å². The average Bonchev–Trinajstić information content (AvgIpc) is 3.10. The van der Waals surface area contributed by atoms with Gasteiger partial charge in [-0.3, -0.25) is 0 Å². The van der Waals surface area contributed by atoms with Crippen molar-refractivity contribution in [3.05, 3.63) is 17.9 Å². The van der Waals surface area contributed by atoms with Crippen molar-refractivity contribution >= 4 is 10.0 Å². The highest BCUT2D eigenvalue weighted by Gasteiger charge is 2.17. The zero-order chi connectivity index (χ0) is 15.3. The summed E-state index contributed by atoms with van der Waals surface area (Å²) in [6.45, 7) is 7.21. The standard InChI is InChI=1S/C14H25N3O3S/c1-12(11-17-7-3-4-8-17)9-16-10-13-5-6-14(20-13)21(18,19)15-2/h5-6,12,15-16H,3-4,7-11H2,1-2H3. The molecule has 120 valence electrons. The van der Waals surface area contributed by atoms with Crippen LogP contribution in [0.4, 0.5) is 0 Å². The fourth-order valence-corrected chi connectivity index (χ4v) is 3.28. The third kappa shape index (κ3) is 4.81. The predicted molar refractivity (Wildman–Crippen MR) is 81.5 cm³/mol. The first-order valence-corrected chi connectivity index (χ1v) is 8.95. The smallest absolute Gasteiger partial charge is 0.273 e. The second kappa shape index (κ2) is 7.40. The largest absolute Gasteiger partial charge is 0.447 e. The van der Waals surface area contributed by atoms with Crippen LogP contribution in [0, 0.1) is 5.92 Å². The van der Waals surface area contributed by atoms with E-state index in [-0.39, 0.29) is 5.09 Å². The Balaban J connectivity index is 1.73. The van der Waals surface area contributed by atoms with Crippen LogP contribution >= 0.6 is 0 Å². The Hall–Kier alpha value is -0.890. The summed E-state index contributed by atoms with van der Waals surface area (Å²) in [4.78, 5) is 2.50. The van der Waals surface area contributed by atoms with Crippen molar-refractivity contribution in [2.75, 3.05) is 33.2 Å². The SMILES string of the molecule is CNS(=O)(=O)c1ccc(CNCC(C)CN2CCCC2)o1. The van der Waals surface area contributed by atoms with E-state index in [4.69, 9.17) is 4.42 Å². The molecular formula is C14H25N3O3S. The average molecular weight is 315 g/mol. The molecule has 2 rings (SSSR count). The number of furan rings is 1. The molecule has 0 bridgehead atoms. The second-order valence-electron chi connectivity index (χ2n) is 5.67. The van der Waals surface area contributed by atoms with E-state index in [0.29, 0.717) is 18.2 Å². The van der Waals surface area contributed by atoms with E-state index in [1.54, 1.807) is 6.07 Å². The van der Waals surface area contributed by atoms with Gasteiger partial charge >= 0.3 is 0 Å². The van der Waals surface area contributed by atoms with Crippen molar-refractivity contribution in [2.24, 2.45) is 5.92 Å². The topological polar surface area (TPSA) is 74.6 Å². The number of hydrogen-bond donors (Lipinski definition) is 2. The minimum atomic E-state index is -3.49. The van der Waals surface area contributed by atoms with E-state index in [1.165, 1.54) is 39.0 Å². The zero-order valence-electron chi connectivity index (χ0n) is 12.8. The summed E-state index contributed by atoms with van der Waals surface area (Å²) in [6, 6.07) is 3.18. The van der Waals surface area contributed by atoms with Gasteiger partial charge in [-0.05, 0) is 57.6 Å². The third-order valence-corrected chi connectivity index (χ3v) is 5.02. The molecule has 1 unspecified atom stereocenters. The molecular weight excluding hydrogens is 290 g/mol. The van der Waals surface area contributed by atoms with Crippen molar-refractivity contribution in [1.82, 2.24) is 14.9 Å². The molecule has 7 heteroatoms. The molecule has 0 radical (unpaired) electrons. The zero-order valence-corrected chi connectivity index (χ0v) is 13.6. The highest BCUT2D eigenvalue weighted by Crippen LogP contribution is 2.13. The quantitative estimate of drug-likeness (QED) is 0.749. The van der Waals surface area contributed by atoms with E-state index in [0.717, 1.165) is 13.1 Å². The molecule has 2 N–H and O–H groups in total. The summed E-state index contributed by atoms with van der Waals surface area (Å²) in [5.41, 5.74) is 0. The molecule has 0 saturated carbocycles. The Morgan fingerprint density at radius 2 is 2.05 bits per heavy atom. The Morgan fingerprint density at radius 3 is 2.71 bits per heavy atom. The summed E-state index contributed by atoms with van der Waals surface area (Å²) < 4.78 is 30.7. The maximum absolute atomic E-state index is 11.6. The molecule has 21 heavy (non-hydrogen) atoms. The number of nitrogens with one attached hydrogen (secondary N) is 2. The molecule has 0 amide bonds. The van der Waals surface area contributed by atoms with Crippen LogP contribution in [0.5, 0.6) is 0 Å². The molecule has 1 fully saturated rings. The molecule has 1 aromatic heterocycles. The Labute approximate surface area is 126 Å². The first kappa shape index (κ1) is 16.5. The lowest BCUT2D eigenvalue weighted by atomic mass is 10.1. The fourth-order valence-electron chi connectivity index (χ4n) is 2.61. The van der Waals surface area contributed by atoms with Gasteiger partial charge in [-0.2, -0.15) is 0 Å². The van der Waals surface area contributed by atoms with Crippen LogP contribution in [-0.2, 0) is 16.6 Å². The fraction of sp³-hybridized carbons (Fsp3) is 0.714. The minimum absolute atomic E-state index is 0.0353. The summed E-state index contributed by atoms with van der Waals surface area (Å²) in [7, 11) is -2.11. The maximum Gasteiger partial charge on any atom is 0.273 e. The van der Waals surface area contributed by atoms with Gasteiger partial charge in [0.1, 0.15) is 5.76 Å². The molecule has 0 spiro atoms. The van der Waals surface area contributed by atoms with Gasteiger partial charge in [-0.1, -0.05) is 6.92 Å². The second-order valence-corrected chi connectivity index (χ2v) is 7.49. The number of hydrogen-bond acceptors (Lipinski definition) is 5. The number of likely N-dealkylation sites (tertiary alicyclic amines) is 1. The molecule has 1 atom stereocenters. The van der Waals surface area contributed by atoms with Gasteiger partial charge in [0, 0.05) is 6.54 Å². The van der Waals surface area contributed by atoms with Crippen LogP contribution in [0.2, 0.25) is 0 Å². The minimum Gasteiger partial charge on any atom is -0.447 e. The van der Waals surface area contributed by atoms with E-state index in [9.17, 15) is 8.42 Å². The molecule has 0 aromatic carbocycles. The van der Waals surface area contributed by atoms with Gasteiger partial charge in [-0.25, -0.2) is 13.1 Å². The van der Waals surface area contributed by atoms with Gasteiger partial charge in [0.2, 0.25) is 5.09 Å². The van der Waals surface area contributed by atoms with Crippen LogP contribution in [-0.4, -0.2) is 46.5 Å². The highest BCUT2D eigenvalue weighted by molar-refractivity contribution is 7.89. The lowest BCUT2D eigenvalue weighted by molar-refractivity contribution is 0.280. The normalized spacial score (nSPS) is 18.2. The summed E-state index contributed by atoms with van der Waals surface area (Å²) in [6.07, 6.45) is 2.63. The van der Waals surface area contributed by atoms with Gasteiger partial charge < -0.3 is 14.6 Å². The Kier molecular flexibility index (Phi) is 5.80. The molecule has 6 nitrogen and oxygen atoms in total. The van der Waals surface area contributed by atoms with Gasteiger partial charge in [0.05, 0.1) is 6.54 Å². The Bertz CT molecular complexity index is 535. The summed E-state index contributed by atoms with van der Waals surface area (Å²) in [5.74, 6) is 1.20. The molecule has 1 saturated heterocycles. The number of nitrogens with zero attached hydrogens (tertiary/aromatic N) is 1. The molecule has 1 aliphatic rings. The van der Waals surface area contributed by atoms with Crippen molar-refractivity contribution in [2.45, 2.75) is 31.4 Å². The highest BCUT2D eigenvalue weighted by atomic mass is 32.2. The molecule has 1 aromatic rings. The lowest BCUT2D eigenvalue weighted by Crippen LogP contribution is -2.31. The van der Waals surface area contributed by atoms with E-state index < -0.39 is 10.0 Å². The van der Waals surface area contributed by atoms with Gasteiger partial charge in [0.25, 0.3) is 10.0 Å². The van der Waals surface area contributed by atoms with Crippen molar-refractivity contribution in [1.29, 1.82) is 0 Å². The van der Waals surface area contributed by atoms with E-state index in [1.807, 2.05) is 0 Å². The maximum atomic E-state index is 11.6. The van der Waals surface area contributed by atoms with E-state index >= 15 is 0 Å². The van der Waals surface area contributed by atoms with Crippen molar-refractivity contribution in [3.8, 4) is 0 Å². The first-order valence-electron chi connectivity index (χ1n) is 7.46. The first-order chi connectivity index (χ1) is 10.0. The summed E-state index contributed by atoms with van der Waals surface area (Å²) in [5, 5.41) is 3.29.